The molecule has 1 rings (SSSR count). The molecule has 0 radical (unpaired) electrons. The maximum absolute atomic E-state index is 7.32. The van der Waals surface area contributed by atoms with Gasteiger partial charge in [0.2, 0.25) is 0 Å². The van der Waals surface area contributed by atoms with Crippen molar-refractivity contribution in [1.82, 2.24) is 0 Å². The number of nitrogens with zero attached hydrogens (tertiary/aromatic N) is 1. The third-order valence-electron chi connectivity index (χ3n) is 1.50. The molecule has 0 amide bonds. The van der Waals surface area contributed by atoms with Crippen LogP contribution in [-0.2, 0) is 0 Å². The zero-order valence-electron chi connectivity index (χ0n) is 8.19. The third kappa shape index (κ3) is 17.7. The van der Waals surface area contributed by atoms with Gasteiger partial charge in [-0.3, -0.25) is 0 Å². The summed E-state index contributed by atoms with van der Waals surface area (Å²) in [6.45, 7) is 5.43. The molecule has 11 heavy (non-hydrogen) atoms. The van der Waals surface area contributed by atoms with Crippen LogP contribution in [-0.4, -0.2) is 0 Å². The Morgan fingerprint density at radius 2 is 0.909 bits per heavy atom. The maximum Gasteiger partial charge on any atom is 0.0587 e. The molecule has 0 unspecified atom stereocenters. The molecule has 0 saturated heterocycles. The molecule has 0 heterocycles. The summed E-state index contributed by atoms with van der Waals surface area (Å²) in [5.41, 5.74) is 0. The second kappa shape index (κ2) is 16.2. The number of nitriles is 1. The molecule has 66 valence electrons. The minimum Gasteiger partial charge on any atom is -0.199 e. The van der Waals surface area contributed by atoms with Gasteiger partial charge in [0.15, 0.2) is 0 Å². The van der Waals surface area contributed by atoms with Crippen molar-refractivity contribution in [3.8, 4) is 6.07 Å². The van der Waals surface area contributed by atoms with Crippen LogP contribution >= 0.6 is 0 Å². The monoisotopic (exact) mass is 155 g/mol. The lowest BCUT2D eigenvalue weighted by Crippen LogP contribution is -1.85. The molecule has 1 saturated carbocycles. The van der Waals surface area contributed by atoms with Crippen LogP contribution in [0.25, 0.3) is 0 Å². The van der Waals surface area contributed by atoms with Gasteiger partial charge >= 0.3 is 0 Å². The maximum atomic E-state index is 7.32. The Labute approximate surface area is 71.4 Å². The van der Waals surface area contributed by atoms with Crippen molar-refractivity contribution in [2.24, 2.45) is 0 Å². The fourth-order valence-electron chi connectivity index (χ4n) is 1.06. The van der Waals surface area contributed by atoms with Crippen LogP contribution in [0.4, 0.5) is 0 Å². The minimum absolute atomic E-state index is 1.43. The van der Waals surface area contributed by atoms with E-state index in [0.717, 1.165) is 0 Å². The summed E-state index contributed by atoms with van der Waals surface area (Å²) in [6.07, 6.45) is 9.00. The van der Waals surface area contributed by atoms with Crippen molar-refractivity contribution in [2.45, 2.75) is 59.3 Å². The lowest BCUT2D eigenvalue weighted by atomic mass is 10.0. The lowest BCUT2D eigenvalue weighted by Gasteiger charge is -2.05. The van der Waals surface area contributed by atoms with Crippen LogP contribution < -0.4 is 0 Å². The molecule has 0 atom stereocenters. The van der Waals surface area contributed by atoms with Gasteiger partial charge in [0, 0.05) is 6.92 Å². The Kier molecular flexibility index (Phi) is 19.4. The number of rotatable bonds is 0. The summed E-state index contributed by atoms with van der Waals surface area (Å²) >= 11 is 0. The number of hydrogen-bond acceptors (Lipinski definition) is 1. The predicted molar refractivity (Wildman–Crippen MR) is 50.3 cm³/mol. The highest BCUT2D eigenvalue weighted by molar-refractivity contribution is 4.51. The van der Waals surface area contributed by atoms with E-state index in [1.54, 1.807) is 6.07 Å². The second-order valence-electron chi connectivity index (χ2n) is 2.34. The van der Waals surface area contributed by atoms with Gasteiger partial charge in [-0.15, -0.1) is 0 Å². The molecule has 1 fully saturated rings. The zero-order chi connectivity index (χ0) is 8.95. The fourth-order valence-corrected chi connectivity index (χ4v) is 1.06. The first-order valence-corrected chi connectivity index (χ1v) is 4.72. The summed E-state index contributed by atoms with van der Waals surface area (Å²) in [7, 11) is 0. The molecule has 1 nitrogen and oxygen atoms in total. The molecule has 0 aliphatic heterocycles. The Morgan fingerprint density at radius 1 is 0.818 bits per heavy atom. The molecule has 0 N–H and O–H groups in total. The quantitative estimate of drug-likeness (QED) is 0.520. The van der Waals surface area contributed by atoms with E-state index < -0.39 is 0 Å². The van der Waals surface area contributed by atoms with E-state index in [4.69, 9.17) is 5.26 Å². The van der Waals surface area contributed by atoms with Gasteiger partial charge in [0.25, 0.3) is 0 Å². The summed E-state index contributed by atoms with van der Waals surface area (Å²) in [5.74, 6) is 0. The van der Waals surface area contributed by atoms with Gasteiger partial charge in [-0.25, -0.2) is 0 Å². The standard InChI is InChI=1S/C6H12.C2H3N.C2H6/c1-2-4-6-5-3-1;1-2-3;1-2/h1-6H2;1H3;1-2H3. The highest BCUT2D eigenvalue weighted by atomic mass is 14.2. The smallest absolute Gasteiger partial charge is 0.0587 e. The molecule has 0 spiro atoms. The summed E-state index contributed by atoms with van der Waals surface area (Å²) < 4.78 is 0. The summed E-state index contributed by atoms with van der Waals surface area (Å²) in [6, 6.07) is 1.75. The SMILES string of the molecule is C1CCCCC1.CC.CC#N. The van der Waals surface area contributed by atoms with E-state index in [9.17, 15) is 0 Å². The van der Waals surface area contributed by atoms with Gasteiger partial charge < -0.3 is 0 Å². The van der Waals surface area contributed by atoms with Crippen molar-refractivity contribution in [3.05, 3.63) is 0 Å². The van der Waals surface area contributed by atoms with Crippen molar-refractivity contribution >= 4 is 0 Å². The van der Waals surface area contributed by atoms with Crippen LogP contribution in [0, 0.1) is 11.3 Å². The van der Waals surface area contributed by atoms with Crippen LogP contribution in [0.1, 0.15) is 59.3 Å². The van der Waals surface area contributed by atoms with E-state index in [-0.39, 0.29) is 0 Å². The average Bonchev–Trinajstić information content (AvgIpc) is 2.12. The average molecular weight is 155 g/mol. The Bertz CT molecular complexity index is 65.9. The van der Waals surface area contributed by atoms with Gasteiger partial charge in [0.05, 0.1) is 6.07 Å². The molecular formula is C10H21N. The number of hydrogen-bond donors (Lipinski definition) is 0. The molecule has 0 aromatic rings. The van der Waals surface area contributed by atoms with Crippen molar-refractivity contribution in [2.75, 3.05) is 0 Å². The van der Waals surface area contributed by atoms with Crippen LogP contribution in [0.2, 0.25) is 0 Å². The Morgan fingerprint density at radius 3 is 1.00 bits per heavy atom. The van der Waals surface area contributed by atoms with Crippen LogP contribution in [0.15, 0.2) is 0 Å². The first kappa shape index (κ1) is 13.1. The molecule has 0 aromatic carbocycles. The summed E-state index contributed by atoms with van der Waals surface area (Å²) in [4.78, 5) is 0. The highest BCUT2D eigenvalue weighted by Gasteiger charge is 1.95. The molecule has 0 aromatic heterocycles. The van der Waals surface area contributed by atoms with E-state index in [0.29, 0.717) is 0 Å². The summed E-state index contributed by atoms with van der Waals surface area (Å²) in [5, 5.41) is 7.32. The van der Waals surface area contributed by atoms with Crippen molar-refractivity contribution in [1.29, 1.82) is 5.26 Å². The minimum atomic E-state index is 1.43. The lowest BCUT2D eigenvalue weighted by molar-refractivity contribution is 0.504. The van der Waals surface area contributed by atoms with E-state index in [1.165, 1.54) is 45.4 Å². The zero-order valence-corrected chi connectivity index (χ0v) is 8.19. The fraction of sp³-hybridized carbons (Fsp3) is 0.900. The van der Waals surface area contributed by atoms with Crippen molar-refractivity contribution in [3.63, 3.8) is 0 Å². The largest absolute Gasteiger partial charge is 0.199 e. The predicted octanol–water partition coefficient (Wildman–Crippen LogP) is 3.90. The van der Waals surface area contributed by atoms with Crippen LogP contribution in [0.5, 0.6) is 0 Å². The van der Waals surface area contributed by atoms with Gasteiger partial charge in [0.1, 0.15) is 0 Å². The molecule has 0 bridgehead atoms. The van der Waals surface area contributed by atoms with E-state index in [2.05, 4.69) is 0 Å². The molecule has 1 aliphatic carbocycles. The van der Waals surface area contributed by atoms with Crippen LogP contribution in [0.3, 0.4) is 0 Å². The van der Waals surface area contributed by atoms with E-state index in [1.807, 2.05) is 13.8 Å². The highest BCUT2D eigenvalue weighted by Crippen LogP contribution is 2.15. The molecule has 1 aliphatic rings. The van der Waals surface area contributed by atoms with Crippen molar-refractivity contribution < 1.29 is 0 Å². The molecule has 1 heteroatoms. The Balaban J connectivity index is 0. The molecular weight excluding hydrogens is 134 g/mol. The van der Waals surface area contributed by atoms with Gasteiger partial charge in [-0.1, -0.05) is 52.4 Å². The first-order valence-electron chi connectivity index (χ1n) is 4.72. The Hall–Kier alpha value is -0.510. The van der Waals surface area contributed by atoms with Gasteiger partial charge in [-0.2, -0.15) is 5.26 Å². The topological polar surface area (TPSA) is 23.8 Å². The normalized spacial score (nSPS) is 14.4. The first-order chi connectivity index (χ1) is 5.41. The van der Waals surface area contributed by atoms with Gasteiger partial charge in [-0.05, 0) is 0 Å². The van der Waals surface area contributed by atoms with E-state index >= 15 is 0 Å². The second-order valence-corrected chi connectivity index (χ2v) is 2.34. The third-order valence-corrected chi connectivity index (χ3v) is 1.50.